The Balaban J connectivity index is 2.16. The number of aliphatic hydroxyl groups is 1. The van der Waals surface area contributed by atoms with E-state index < -0.39 is 29.2 Å². The van der Waals surface area contributed by atoms with Gasteiger partial charge in [-0.05, 0) is 45.7 Å². The van der Waals surface area contributed by atoms with E-state index in [0.29, 0.717) is 6.54 Å². The Labute approximate surface area is 178 Å². The lowest BCUT2D eigenvalue weighted by Gasteiger charge is -2.31. The summed E-state index contributed by atoms with van der Waals surface area (Å²) in [5.74, 6) is -0.550. The van der Waals surface area contributed by atoms with Gasteiger partial charge < -0.3 is 20.5 Å². The first kappa shape index (κ1) is 23.4. The summed E-state index contributed by atoms with van der Waals surface area (Å²) in [4.78, 5) is 25.1. The third-order valence-electron chi connectivity index (χ3n) is 4.51. The molecule has 0 spiro atoms. The molecule has 162 valence electrons. The van der Waals surface area contributed by atoms with Crippen LogP contribution in [-0.2, 0) is 9.53 Å². The summed E-state index contributed by atoms with van der Waals surface area (Å²) in [6, 6.07) is 18.6. The molecule has 30 heavy (non-hydrogen) atoms. The number of amides is 2. The number of alkyl carbamates (subject to hydrolysis) is 1. The molecular formula is C24H32N2O4. The van der Waals surface area contributed by atoms with E-state index in [4.69, 9.17) is 4.74 Å². The lowest BCUT2D eigenvalue weighted by molar-refractivity contribution is -0.128. The van der Waals surface area contributed by atoms with Gasteiger partial charge in [0.05, 0.1) is 5.60 Å². The maximum atomic E-state index is 12.9. The molecule has 2 aromatic rings. The molecule has 0 unspecified atom stereocenters. The first-order valence-electron chi connectivity index (χ1n) is 10.1. The summed E-state index contributed by atoms with van der Waals surface area (Å²) in [7, 11) is 0. The van der Waals surface area contributed by atoms with Crippen LogP contribution in [0.4, 0.5) is 4.79 Å². The molecule has 0 aliphatic heterocycles. The topological polar surface area (TPSA) is 87.7 Å². The monoisotopic (exact) mass is 412 g/mol. The van der Waals surface area contributed by atoms with E-state index in [1.807, 2.05) is 60.7 Å². The van der Waals surface area contributed by atoms with Crippen molar-refractivity contribution >= 4 is 12.0 Å². The number of rotatable bonds is 7. The number of hydrogen-bond donors (Lipinski definition) is 3. The number of carbonyl (C=O) groups is 2. The summed E-state index contributed by atoms with van der Waals surface area (Å²) in [5.41, 5.74) is -0.0697. The van der Waals surface area contributed by atoms with Gasteiger partial charge in [0.1, 0.15) is 11.6 Å². The SMILES string of the molecule is CC(C)(C)OC(=O)N[C@H](C(=O)NCC(c1ccccc1)c1ccccc1)C(C)(C)O. The smallest absolute Gasteiger partial charge is 0.408 e. The Morgan fingerprint density at radius 1 is 0.900 bits per heavy atom. The molecule has 2 rings (SSSR count). The normalized spacial score (nSPS) is 12.9. The molecule has 0 bridgehead atoms. The second kappa shape index (κ2) is 9.76. The Bertz CT molecular complexity index is 784. The molecule has 0 radical (unpaired) electrons. The van der Waals surface area contributed by atoms with Crippen LogP contribution in [0.25, 0.3) is 0 Å². The highest BCUT2D eigenvalue weighted by molar-refractivity contribution is 5.87. The average molecular weight is 413 g/mol. The third kappa shape index (κ3) is 7.19. The van der Waals surface area contributed by atoms with Gasteiger partial charge in [0.15, 0.2) is 0 Å². The van der Waals surface area contributed by atoms with Crippen LogP contribution in [0, 0.1) is 0 Å². The lowest BCUT2D eigenvalue weighted by Crippen LogP contribution is -2.58. The molecule has 2 amide bonds. The number of ether oxygens (including phenoxy) is 1. The molecular weight excluding hydrogens is 380 g/mol. The van der Waals surface area contributed by atoms with E-state index in [1.165, 1.54) is 13.8 Å². The second-order valence-electron chi connectivity index (χ2n) is 8.85. The highest BCUT2D eigenvalue weighted by atomic mass is 16.6. The number of carbonyl (C=O) groups excluding carboxylic acids is 2. The van der Waals surface area contributed by atoms with Gasteiger partial charge in [0.25, 0.3) is 0 Å². The summed E-state index contributed by atoms with van der Waals surface area (Å²) >= 11 is 0. The second-order valence-corrected chi connectivity index (χ2v) is 8.85. The minimum atomic E-state index is -1.48. The Hall–Kier alpha value is -2.86. The molecule has 3 N–H and O–H groups in total. The van der Waals surface area contributed by atoms with Crippen LogP contribution in [0.5, 0.6) is 0 Å². The van der Waals surface area contributed by atoms with Crippen LogP contribution in [0.1, 0.15) is 51.7 Å². The summed E-state index contributed by atoms with van der Waals surface area (Å²) in [6.07, 6.45) is -0.757. The Morgan fingerprint density at radius 3 is 1.77 bits per heavy atom. The van der Waals surface area contributed by atoms with Crippen LogP contribution < -0.4 is 10.6 Å². The first-order valence-corrected chi connectivity index (χ1v) is 10.1. The van der Waals surface area contributed by atoms with Crippen LogP contribution in [-0.4, -0.2) is 40.9 Å². The van der Waals surface area contributed by atoms with E-state index in [0.717, 1.165) is 11.1 Å². The van der Waals surface area contributed by atoms with Gasteiger partial charge in [-0.2, -0.15) is 0 Å². The molecule has 0 saturated heterocycles. The van der Waals surface area contributed by atoms with Gasteiger partial charge in [0.2, 0.25) is 5.91 Å². The van der Waals surface area contributed by atoms with Crippen LogP contribution in [0.15, 0.2) is 60.7 Å². The Morgan fingerprint density at radius 2 is 1.37 bits per heavy atom. The van der Waals surface area contributed by atoms with Crippen molar-refractivity contribution in [3.05, 3.63) is 71.8 Å². The zero-order valence-corrected chi connectivity index (χ0v) is 18.3. The van der Waals surface area contributed by atoms with Crippen molar-refractivity contribution < 1.29 is 19.4 Å². The number of hydrogen-bond acceptors (Lipinski definition) is 4. The van der Waals surface area contributed by atoms with E-state index in [2.05, 4.69) is 10.6 Å². The number of benzene rings is 2. The van der Waals surface area contributed by atoms with E-state index in [-0.39, 0.29) is 5.92 Å². The van der Waals surface area contributed by atoms with Crippen molar-refractivity contribution in [2.24, 2.45) is 0 Å². The minimum Gasteiger partial charge on any atom is -0.444 e. The molecule has 0 heterocycles. The first-order chi connectivity index (χ1) is 14.0. The molecule has 0 aliphatic carbocycles. The molecule has 0 aromatic heterocycles. The van der Waals surface area contributed by atoms with Crippen molar-refractivity contribution in [1.82, 2.24) is 10.6 Å². The van der Waals surface area contributed by atoms with E-state index in [9.17, 15) is 14.7 Å². The van der Waals surface area contributed by atoms with Gasteiger partial charge in [-0.1, -0.05) is 60.7 Å². The van der Waals surface area contributed by atoms with Gasteiger partial charge in [-0.15, -0.1) is 0 Å². The maximum Gasteiger partial charge on any atom is 0.408 e. The summed E-state index contributed by atoms with van der Waals surface area (Å²) < 4.78 is 5.24. The molecule has 6 heteroatoms. The highest BCUT2D eigenvalue weighted by Crippen LogP contribution is 2.24. The Kier molecular flexibility index (Phi) is 7.62. The standard InChI is InChI=1S/C24H32N2O4/c1-23(2,3)30-22(28)26-20(24(4,5)29)21(27)25-16-19(17-12-8-6-9-13-17)18-14-10-7-11-15-18/h6-15,19-20,29H,16H2,1-5H3,(H,25,27)(H,26,28)/t20-/m1/s1. The van der Waals surface area contributed by atoms with Gasteiger partial charge in [-0.25, -0.2) is 4.79 Å². The van der Waals surface area contributed by atoms with Gasteiger partial charge in [-0.3, -0.25) is 4.79 Å². The lowest BCUT2D eigenvalue weighted by atomic mass is 9.91. The number of nitrogens with one attached hydrogen (secondary N) is 2. The quantitative estimate of drug-likeness (QED) is 0.648. The minimum absolute atomic E-state index is 0.0691. The largest absolute Gasteiger partial charge is 0.444 e. The van der Waals surface area contributed by atoms with Crippen molar-refractivity contribution in [3.8, 4) is 0 Å². The molecule has 6 nitrogen and oxygen atoms in total. The predicted molar refractivity (Wildman–Crippen MR) is 117 cm³/mol. The van der Waals surface area contributed by atoms with Crippen molar-refractivity contribution in [1.29, 1.82) is 0 Å². The summed E-state index contributed by atoms with van der Waals surface area (Å²) in [5, 5.41) is 15.8. The fourth-order valence-corrected chi connectivity index (χ4v) is 3.09. The van der Waals surface area contributed by atoms with Gasteiger partial charge >= 0.3 is 6.09 Å². The van der Waals surface area contributed by atoms with Crippen LogP contribution in [0.3, 0.4) is 0 Å². The van der Waals surface area contributed by atoms with Crippen LogP contribution >= 0.6 is 0 Å². The maximum absolute atomic E-state index is 12.9. The van der Waals surface area contributed by atoms with Crippen molar-refractivity contribution in [2.75, 3.05) is 6.54 Å². The molecule has 0 aliphatic rings. The molecule has 2 aromatic carbocycles. The molecule has 0 saturated carbocycles. The van der Waals surface area contributed by atoms with Crippen LogP contribution in [0.2, 0.25) is 0 Å². The average Bonchev–Trinajstić information content (AvgIpc) is 2.65. The van der Waals surface area contributed by atoms with Gasteiger partial charge in [0, 0.05) is 12.5 Å². The fourth-order valence-electron chi connectivity index (χ4n) is 3.09. The molecule has 0 fully saturated rings. The summed E-state index contributed by atoms with van der Waals surface area (Å²) in [6.45, 7) is 8.46. The van der Waals surface area contributed by atoms with Crippen molar-refractivity contribution in [2.45, 2.75) is 57.8 Å². The predicted octanol–water partition coefficient (Wildman–Crippen LogP) is 3.60. The van der Waals surface area contributed by atoms with Crippen molar-refractivity contribution in [3.63, 3.8) is 0 Å². The molecule has 1 atom stereocenters. The van der Waals surface area contributed by atoms with E-state index >= 15 is 0 Å². The zero-order chi connectivity index (χ0) is 22.4. The van der Waals surface area contributed by atoms with E-state index in [1.54, 1.807) is 20.8 Å². The third-order valence-corrected chi connectivity index (χ3v) is 4.51. The highest BCUT2D eigenvalue weighted by Gasteiger charge is 2.36. The fraction of sp³-hybridized carbons (Fsp3) is 0.417. The zero-order valence-electron chi connectivity index (χ0n) is 18.3.